The topological polar surface area (TPSA) is 29.4 Å². The van der Waals surface area contributed by atoms with E-state index in [9.17, 15) is 4.79 Å². The van der Waals surface area contributed by atoms with Crippen LogP contribution in [0.1, 0.15) is 52.4 Å². The van der Waals surface area contributed by atoms with Crippen molar-refractivity contribution in [3.63, 3.8) is 0 Å². The fourth-order valence-corrected chi connectivity index (χ4v) is 1.75. The van der Waals surface area contributed by atoms with Crippen molar-refractivity contribution in [3.05, 3.63) is 0 Å². The van der Waals surface area contributed by atoms with Gasteiger partial charge in [0, 0.05) is 13.0 Å². The third-order valence-electron chi connectivity index (χ3n) is 2.63. The van der Waals surface area contributed by atoms with E-state index in [1.807, 2.05) is 0 Å². The number of carbonyl (C=O) groups excluding carboxylic acids is 1. The maximum Gasteiger partial charge on any atom is 0.176 e. The van der Waals surface area contributed by atoms with Crippen LogP contribution in [0.5, 0.6) is 0 Å². The Morgan fingerprint density at radius 2 is 2.21 bits per heavy atom. The quantitative estimate of drug-likeness (QED) is 0.599. The zero-order chi connectivity index (χ0) is 10.4. The molecule has 0 radical (unpaired) electrons. The van der Waals surface area contributed by atoms with Gasteiger partial charge in [0.25, 0.3) is 0 Å². The first kappa shape index (κ1) is 11.4. The Balaban J connectivity index is 2.09. The number of carbonyl (C=O) groups is 1. The van der Waals surface area contributed by atoms with Crippen LogP contribution in [0.4, 0.5) is 0 Å². The second-order valence-corrected chi connectivity index (χ2v) is 4.49. The molecule has 2 heteroatoms. The highest BCUT2D eigenvalue weighted by atomic mass is 16.1. The third kappa shape index (κ3) is 4.03. The minimum Gasteiger partial charge on any atom is -0.293 e. The molecule has 0 saturated carbocycles. The number of nitrogens with zero attached hydrogens (tertiary/aromatic N) is 1. The van der Waals surface area contributed by atoms with Gasteiger partial charge in [-0.2, -0.15) is 0 Å². The van der Waals surface area contributed by atoms with E-state index in [0.29, 0.717) is 12.2 Å². The first-order chi connectivity index (χ1) is 6.70. The van der Waals surface area contributed by atoms with Gasteiger partial charge < -0.3 is 0 Å². The van der Waals surface area contributed by atoms with E-state index in [2.05, 4.69) is 18.8 Å². The summed E-state index contributed by atoms with van der Waals surface area (Å²) in [5.41, 5.74) is 0.856. The van der Waals surface area contributed by atoms with Gasteiger partial charge in [0.05, 0.1) is 5.71 Å². The van der Waals surface area contributed by atoms with E-state index >= 15 is 0 Å². The molecule has 0 atom stereocenters. The molecule has 0 aliphatic carbocycles. The lowest BCUT2D eigenvalue weighted by molar-refractivity contribution is -0.113. The Morgan fingerprint density at radius 1 is 1.43 bits per heavy atom. The summed E-state index contributed by atoms with van der Waals surface area (Å²) in [6.07, 6.45) is 6.16. The molecule has 14 heavy (non-hydrogen) atoms. The van der Waals surface area contributed by atoms with Gasteiger partial charge in [0.1, 0.15) is 0 Å². The first-order valence-electron chi connectivity index (χ1n) is 5.76. The lowest BCUT2D eigenvalue weighted by Crippen LogP contribution is -2.10. The molecule has 0 N–H and O–H groups in total. The van der Waals surface area contributed by atoms with Crippen LogP contribution in [0.2, 0.25) is 0 Å². The number of ketones is 1. The summed E-state index contributed by atoms with van der Waals surface area (Å²) in [4.78, 5) is 15.8. The average Bonchev–Trinajstić information content (AvgIpc) is 2.64. The van der Waals surface area contributed by atoms with E-state index in [4.69, 9.17) is 0 Å². The summed E-state index contributed by atoms with van der Waals surface area (Å²) in [5.74, 6) is 1.06. The summed E-state index contributed by atoms with van der Waals surface area (Å²) in [6.45, 7) is 5.32. The van der Waals surface area contributed by atoms with Crippen molar-refractivity contribution in [1.29, 1.82) is 0 Å². The van der Waals surface area contributed by atoms with Crippen molar-refractivity contribution in [2.24, 2.45) is 10.9 Å². The summed E-state index contributed by atoms with van der Waals surface area (Å²) >= 11 is 0. The van der Waals surface area contributed by atoms with Gasteiger partial charge in [-0.05, 0) is 25.2 Å². The Kier molecular flexibility index (Phi) is 4.85. The highest BCUT2D eigenvalue weighted by molar-refractivity contribution is 6.40. The fraction of sp³-hybridized carbons (Fsp3) is 0.833. The van der Waals surface area contributed by atoms with Crippen LogP contribution < -0.4 is 0 Å². The Hall–Kier alpha value is -0.660. The van der Waals surface area contributed by atoms with E-state index in [-0.39, 0.29) is 0 Å². The zero-order valence-electron chi connectivity index (χ0n) is 9.38. The molecule has 0 saturated heterocycles. The fourth-order valence-electron chi connectivity index (χ4n) is 1.75. The van der Waals surface area contributed by atoms with Crippen LogP contribution in [0, 0.1) is 5.92 Å². The van der Waals surface area contributed by atoms with Crippen molar-refractivity contribution < 1.29 is 4.79 Å². The largest absolute Gasteiger partial charge is 0.293 e. The molecule has 80 valence electrons. The van der Waals surface area contributed by atoms with E-state index in [1.165, 1.54) is 12.8 Å². The second kappa shape index (κ2) is 5.94. The van der Waals surface area contributed by atoms with Crippen molar-refractivity contribution in [3.8, 4) is 0 Å². The minimum atomic E-state index is 0.297. The predicted octanol–water partition coefficient (Wildman–Crippen LogP) is 3.01. The monoisotopic (exact) mass is 195 g/mol. The molecule has 0 aromatic rings. The normalized spacial score (nSPS) is 16.1. The van der Waals surface area contributed by atoms with Crippen LogP contribution in [0.3, 0.4) is 0 Å². The maximum absolute atomic E-state index is 11.6. The Labute approximate surface area is 86.8 Å². The third-order valence-corrected chi connectivity index (χ3v) is 2.63. The van der Waals surface area contributed by atoms with Crippen molar-refractivity contribution in [2.45, 2.75) is 52.4 Å². The van der Waals surface area contributed by atoms with Gasteiger partial charge in [-0.25, -0.2) is 0 Å². The van der Waals surface area contributed by atoms with E-state index in [0.717, 1.165) is 37.4 Å². The molecular formula is C12H21NO. The highest BCUT2D eigenvalue weighted by Gasteiger charge is 2.14. The number of hydrogen-bond acceptors (Lipinski definition) is 2. The molecule has 2 nitrogen and oxygen atoms in total. The summed E-state index contributed by atoms with van der Waals surface area (Å²) in [7, 11) is 0. The summed E-state index contributed by atoms with van der Waals surface area (Å²) < 4.78 is 0. The van der Waals surface area contributed by atoms with Crippen molar-refractivity contribution in [2.75, 3.05) is 6.54 Å². The van der Waals surface area contributed by atoms with Gasteiger partial charge in [-0.15, -0.1) is 0 Å². The van der Waals surface area contributed by atoms with Gasteiger partial charge in [0.15, 0.2) is 5.78 Å². The number of rotatable bonds is 6. The predicted molar refractivity (Wildman–Crippen MR) is 59.8 cm³/mol. The van der Waals surface area contributed by atoms with Gasteiger partial charge in [-0.1, -0.05) is 26.7 Å². The number of hydrogen-bond donors (Lipinski definition) is 0. The van der Waals surface area contributed by atoms with E-state index in [1.54, 1.807) is 0 Å². The average molecular weight is 195 g/mol. The van der Waals surface area contributed by atoms with Gasteiger partial charge in [-0.3, -0.25) is 9.79 Å². The molecule has 1 aliphatic heterocycles. The molecule has 0 spiro atoms. The number of unbranched alkanes of at least 4 members (excludes halogenated alkanes) is 1. The SMILES string of the molecule is CC(C)CCCCC(=O)C1=NCCC1. The molecule has 0 aromatic carbocycles. The molecule has 0 amide bonds. The number of Topliss-reactive ketones (excluding diaryl/α,β-unsaturated/α-hetero) is 1. The van der Waals surface area contributed by atoms with Crippen molar-refractivity contribution >= 4 is 11.5 Å². The second-order valence-electron chi connectivity index (χ2n) is 4.49. The van der Waals surface area contributed by atoms with Crippen molar-refractivity contribution in [1.82, 2.24) is 0 Å². The lowest BCUT2D eigenvalue weighted by atomic mass is 10.0. The molecular weight excluding hydrogens is 174 g/mol. The minimum absolute atomic E-state index is 0.297. The lowest BCUT2D eigenvalue weighted by Gasteiger charge is -2.03. The smallest absolute Gasteiger partial charge is 0.176 e. The molecule has 1 rings (SSSR count). The van der Waals surface area contributed by atoms with E-state index < -0.39 is 0 Å². The van der Waals surface area contributed by atoms with Crippen LogP contribution in [-0.4, -0.2) is 18.0 Å². The Bertz CT molecular complexity index is 218. The highest BCUT2D eigenvalue weighted by Crippen LogP contribution is 2.11. The first-order valence-corrected chi connectivity index (χ1v) is 5.76. The van der Waals surface area contributed by atoms with Crippen LogP contribution in [0.25, 0.3) is 0 Å². The van der Waals surface area contributed by atoms with Crippen LogP contribution in [0.15, 0.2) is 4.99 Å². The summed E-state index contributed by atoms with van der Waals surface area (Å²) in [6, 6.07) is 0. The van der Waals surface area contributed by atoms with Gasteiger partial charge in [0.2, 0.25) is 0 Å². The standard InChI is InChI=1S/C12H21NO/c1-10(2)6-3-4-8-12(14)11-7-5-9-13-11/h10H,3-9H2,1-2H3. The molecule has 1 heterocycles. The summed E-state index contributed by atoms with van der Waals surface area (Å²) in [5, 5.41) is 0. The molecule has 0 fully saturated rings. The van der Waals surface area contributed by atoms with Crippen LogP contribution in [-0.2, 0) is 4.79 Å². The molecule has 0 bridgehead atoms. The zero-order valence-corrected chi connectivity index (χ0v) is 9.38. The Morgan fingerprint density at radius 3 is 2.79 bits per heavy atom. The number of aliphatic imine (C=N–C) groups is 1. The molecule has 0 unspecified atom stereocenters. The molecule has 0 aromatic heterocycles. The molecule has 1 aliphatic rings. The van der Waals surface area contributed by atoms with Gasteiger partial charge >= 0.3 is 0 Å². The van der Waals surface area contributed by atoms with Crippen LogP contribution >= 0.6 is 0 Å². The maximum atomic E-state index is 11.6.